The van der Waals surface area contributed by atoms with Gasteiger partial charge in [-0.1, -0.05) is 0 Å². The molecule has 0 radical (unpaired) electrons. The van der Waals surface area contributed by atoms with E-state index >= 15 is 0 Å². The fraction of sp³-hybridized carbons (Fsp3) is 0. The Balaban J connectivity index is 0. The second-order valence-electron chi connectivity index (χ2n) is 0.0714. The van der Waals surface area contributed by atoms with E-state index in [1.54, 1.807) is 0 Å². The molecule has 0 rings (SSSR count). The van der Waals surface area contributed by atoms with Crippen LogP contribution in [0.15, 0.2) is 0 Å². The van der Waals surface area contributed by atoms with Gasteiger partial charge in [0.2, 0.25) is 0 Å². The summed E-state index contributed by atoms with van der Waals surface area (Å²) in [5.74, 6) is 0. The summed E-state index contributed by atoms with van der Waals surface area (Å²) in [7, 11) is 0. The first-order valence-corrected chi connectivity index (χ1v) is 30.1. The van der Waals surface area contributed by atoms with Gasteiger partial charge in [0.15, 0.2) is 0 Å². The van der Waals surface area contributed by atoms with Crippen molar-refractivity contribution in [3.05, 3.63) is 0 Å². The summed E-state index contributed by atoms with van der Waals surface area (Å²) >= 11 is 9.14. The van der Waals surface area contributed by atoms with Gasteiger partial charge in [-0.3, -0.25) is 0 Å². The number of halogens is 4. The minimum absolute atomic E-state index is 0.0651. The number of rotatable bonds is 0. The van der Waals surface area contributed by atoms with Gasteiger partial charge < -0.3 is 0 Å². The van der Waals surface area contributed by atoms with Gasteiger partial charge in [0.25, 0.3) is 0 Å². The molecule has 0 aromatic carbocycles. The average molecular weight is 746 g/mol. The molecular formula is I4U. The molecule has 5 heavy (non-hydrogen) atoms. The zero-order valence-electron chi connectivity index (χ0n) is 2.01. The van der Waals surface area contributed by atoms with Gasteiger partial charge in [-0.2, -0.15) is 0 Å². The summed E-state index contributed by atoms with van der Waals surface area (Å²) in [4.78, 5) is 0. The number of hydrogen-bond acceptors (Lipinski definition) is 0. The molecule has 0 aliphatic rings. The molecule has 0 nitrogen and oxygen atoms in total. The molecule has 0 aliphatic heterocycles. The molecule has 0 saturated heterocycles. The summed E-state index contributed by atoms with van der Waals surface area (Å²) in [6.07, 6.45) is 0. The standard InChI is InChI=1S/I2.2HI.U/c1-2;;;/h;2*1H;/q;;;+2/p-2. The third-order valence-electron chi connectivity index (χ3n) is 0. The molecule has 0 aromatic heterocycles. The van der Waals surface area contributed by atoms with E-state index < -0.39 is 0 Å². The van der Waals surface area contributed by atoms with E-state index in [4.69, 9.17) is 0 Å². The summed E-state index contributed by atoms with van der Waals surface area (Å²) in [5, 5.41) is 0. The van der Waals surface area contributed by atoms with Crippen molar-refractivity contribution >= 4 is 70.8 Å². The van der Waals surface area contributed by atoms with Crippen molar-refractivity contribution in [2.45, 2.75) is 0 Å². The van der Waals surface area contributed by atoms with Crippen LogP contribution < -0.4 is 0 Å². The third-order valence-corrected chi connectivity index (χ3v) is 0. The summed E-state index contributed by atoms with van der Waals surface area (Å²) in [6.45, 7) is 0. The van der Waals surface area contributed by atoms with E-state index in [1.807, 2.05) is 0 Å². The summed E-state index contributed by atoms with van der Waals surface area (Å²) in [5.41, 5.74) is 0. The van der Waals surface area contributed by atoms with Crippen molar-refractivity contribution in [3.8, 4) is 0 Å². The van der Waals surface area contributed by atoms with Gasteiger partial charge in [-0.05, 0) is 0 Å². The fourth-order valence-electron chi connectivity index (χ4n) is 0. The van der Waals surface area contributed by atoms with Gasteiger partial charge >= 0.3 is 52.0 Å². The van der Waals surface area contributed by atoms with Crippen LogP contribution in [0.25, 0.3) is 0 Å². The molecule has 0 saturated carbocycles. The topological polar surface area (TPSA) is 0 Å². The Bertz CT molecular complexity index is 3.61. The minimum atomic E-state index is -0.0651. The van der Waals surface area contributed by atoms with Gasteiger partial charge in [0.05, 0.1) is 0 Å². The predicted octanol–water partition coefficient (Wildman–Crippen LogP) is 3.54. The second kappa shape index (κ2) is 15.7. The molecule has 0 unspecified atom stereocenters. The van der Waals surface area contributed by atoms with Crippen LogP contribution in [0, 0.1) is 18.5 Å². The quantitative estimate of drug-likeness (QED) is 0.334. The van der Waals surface area contributed by atoms with Gasteiger partial charge in [0.1, 0.15) is 0 Å². The predicted molar refractivity (Wildman–Crippen MR) is 56.1 cm³/mol. The van der Waals surface area contributed by atoms with E-state index in [-0.39, 0.29) is 18.5 Å². The zero-order valence-corrected chi connectivity index (χ0v) is 14.8. The van der Waals surface area contributed by atoms with Crippen LogP contribution in [0.4, 0.5) is 0 Å². The SMILES string of the molecule is II.[I][U][I]. The Hall–Kier alpha value is 3.97. The Morgan fingerprint density at radius 1 is 1.00 bits per heavy atom. The normalized spacial score (nSPS) is 3.20. The van der Waals surface area contributed by atoms with Crippen LogP contribution in [-0.2, 0) is 0 Å². The Labute approximate surface area is 86.0 Å². The molecule has 0 aromatic rings. The Morgan fingerprint density at radius 2 is 1.00 bits per heavy atom. The van der Waals surface area contributed by atoms with Crippen LogP contribution in [0.3, 0.4) is 0 Å². The van der Waals surface area contributed by atoms with Gasteiger partial charge in [-0.15, -0.1) is 0 Å². The Morgan fingerprint density at radius 3 is 1.00 bits per heavy atom. The first-order valence-electron chi connectivity index (χ1n) is 0.521. The molecule has 0 heterocycles. The van der Waals surface area contributed by atoms with E-state index in [9.17, 15) is 0 Å². The van der Waals surface area contributed by atoms with Crippen LogP contribution in [0.1, 0.15) is 0 Å². The zero-order chi connectivity index (χ0) is 4.71. The monoisotopic (exact) mass is 746 g/mol. The van der Waals surface area contributed by atoms with Crippen molar-refractivity contribution in [2.24, 2.45) is 0 Å². The molecule has 0 amide bonds. The van der Waals surface area contributed by atoms with Gasteiger partial charge in [-0.25, -0.2) is 0 Å². The molecule has 0 N–H and O–H groups in total. The van der Waals surface area contributed by atoms with E-state index in [1.165, 1.54) is 0 Å². The van der Waals surface area contributed by atoms with Crippen LogP contribution in [0.2, 0.25) is 0 Å². The summed E-state index contributed by atoms with van der Waals surface area (Å²) < 4.78 is 0. The Kier molecular flexibility index (Phi) is 36.8. The van der Waals surface area contributed by atoms with Crippen molar-refractivity contribution in [3.63, 3.8) is 0 Å². The van der Waals surface area contributed by atoms with Crippen LogP contribution in [0.5, 0.6) is 0 Å². The molecular weight excluding hydrogens is 746 g/mol. The summed E-state index contributed by atoms with van der Waals surface area (Å²) in [6, 6.07) is 0. The average Bonchev–Trinajstić information content (AvgIpc) is 1.46. The first kappa shape index (κ1) is 11.7. The number of hydrogen-bond donors (Lipinski definition) is 0. The van der Waals surface area contributed by atoms with E-state index in [0.717, 1.165) is 0 Å². The first-order chi connectivity index (χ1) is 2.41. The fourth-order valence-corrected chi connectivity index (χ4v) is 0. The van der Waals surface area contributed by atoms with Crippen LogP contribution >= 0.6 is 70.8 Å². The van der Waals surface area contributed by atoms with E-state index in [0.29, 0.717) is 0 Å². The maximum atomic E-state index is 2.48. The molecule has 32 valence electrons. The van der Waals surface area contributed by atoms with Crippen LogP contribution in [-0.4, -0.2) is 0 Å². The van der Waals surface area contributed by atoms with E-state index in [2.05, 4.69) is 70.8 Å². The second-order valence-corrected chi connectivity index (χ2v) is 30.0. The molecule has 0 spiro atoms. The molecule has 0 bridgehead atoms. The van der Waals surface area contributed by atoms with Crippen molar-refractivity contribution in [1.82, 2.24) is 0 Å². The van der Waals surface area contributed by atoms with Gasteiger partial charge in [0, 0.05) is 37.2 Å². The van der Waals surface area contributed by atoms with Crippen molar-refractivity contribution in [2.75, 3.05) is 0 Å². The third kappa shape index (κ3) is 18.0. The van der Waals surface area contributed by atoms with Crippen molar-refractivity contribution < 1.29 is 18.5 Å². The molecule has 5 heteroatoms. The molecule has 0 atom stereocenters. The van der Waals surface area contributed by atoms with Crippen molar-refractivity contribution in [1.29, 1.82) is 0 Å². The molecule has 0 aliphatic carbocycles. The maximum absolute atomic E-state index is 2.48. The molecule has 0 fully saturated rings.